The lowest BCUT2D eigenvalue weighted by atomic mass is 9.94. The monoisotopic (exact) mass is 421 g/mol. The van der Waals surface area contributed by atoms with Crippen LogP contribution < -0.4 is 4.74 Å². The van der Waals surface area contributed by atoms with Crippen LogP contribution in [-0.4, -0.2) is 22.6 Å². The average Bonchev–Trinajstić information content (AvgIpc) is 2.73. The highest BCUT2D eigenvalue weighted by molar-refractivity contribution is 5.89. The van der Waals surface area contributed by atoms with Gasteiger partial charge >= 0.3 is 11.7 Å². The van der Waals surface area contributed by atoms with E-state index >= 15 is 0 Å². The van der Waals surface area contributed by atoms with Gasteiger partial charge in [-0.1, -0.05) is 57.2 Å². The molecule has 0 heterocycles. The molecule has 1 atom stereocenters. The van der Waals surface area contributed by atoms with Gasteiger partial charge in [0.05, 0.1) is 17.4 Å². The van der Waals surface area contributed by atoms with Gasteiger partial charge in [-0.15, -0.1) is 0 Å². The molecule has 0 fully saturated rings. The number of ether oxygens (including phenoxy) is 1. The second-order valence-corrected chi connectivity index (χ2v) is 8.29. The van der Waals surface area contributed by atoms with Gasteiger partial charge in [-0.3, -0.25) is 14.9 Å². The first-order chi connectivity index (χ1) is 14.8. The number of rotatable bonds is 9. The summed E-state index contributed by atoms with van der Waals surface area (Å²) < 4.78 is 5.96. The minimum absolute atomic E-state index is 0.137. The molecule has 162 valence electrons. The third kappa shape index (κ3) is 5.40. The van der Waals surface area contributed by atoms with Gasteiger partial charge in [0.2, 0.25) is 5.75 Å². The van der Waals surface area contributed by atoms with Crippen molar-refractivity contribution in [2.75, 3.05) is 6.61 Å². The summed E-state index contributed by atoms with van der Waals surface area (Å²) in [7, 11) is 0. The number of aliphatic carboxylic acids is 1. The highest BCUT2D eigenvalue weighted by atomic mass is 16.6. The first-order valence-corrected chi connectivity index (χ1v) is 10.4. The van der Waals surface area contributed by atoms with Crippen molar-refractivity contribution in [2.24, 2.45) is 11.8 Å². The Morgan fingerprint density at radius 2 is 1.77 bits per heavy atom. The molecule has 0 radical (unpaired) electrons. The fourth-order valence-electron chi connectivity index (χ4n) is 3.49. The van der Waals surface area contributed by atoms with E-state index in [2.05, 4.69) is 13.8 Å². The molecule has 0 amide bonds. The fraction of sp³-hybridized carbons (Fsp3) is 0.320. The topological polar surface area (TPSA) is 89.7 Å². The molecule has 3 aromatic carbocycles. The van der Waals surface area contributed by atoms with Crippen LogP contribution in [0.4, 0.5) is 5.69 Å². The minimum atomic E-state index is -0.938. The van der Waals surface area contributed by atoms with Crippen molar-refractivity contribution in [1.82, 2.24) is 0 Å². The van der Waals surface area contributed by atoms with E-state index in [-0.39, 0.29) is 17.9 Å². The number of carbonyl (C=O) groups is 1. The zero-order valence-electron chi connectivity index (χ0n) is 18.0. The summed E-state index contributed by atoms with van der Waals surface area (Å²) in [6, 6.07) is 17.0. The van der Waals surface area contributed by atoms with E-state index < -0.39 is 16.8 Å². The van der Waals surface area contributed by atoms with Crippen molar-refractivity contribution in [3.05, 3.63) is 70.3 Å². The van der Waals surface area contributed by atoms with Crippen LogP contribution >= 0.6 is 0 Å². The smallest absolute Gasteiger partial charge is 0.311 e. The van der Waals surface area contributed by atoms with Crippen LogP contribution in [0.25, 0.3) is 21.9 Å². The second kappa shape index (κ2) is 9.60. The quantitative estimate of drug-likeness (QED) is 0.333. The van der Waals surface area contributed by atoms with Crippen molar-refractivity contribution in [1.29, 1.82) is 0 Å². The van der Waals surface area contributed by atoms with Crippen molar-refractivity contribution in [3.63, 3.8) is 0 Å². The summed E-state index contributed by atoms with van der Waals surface area (Å²) in [5.41, 5.74) is 1.87. The third-order valence-electron chi connectivity index (χ3n) is 5.29. The van der Waals surface area contributed by atoms with Crippen LogP contribution in [0.15, 0.2) is 54.6 Å². The fourth-order valence-corrected chi connectivity index (χ4v) is 3.49. The summed E-state index contributed by atoms with van der Waals surface area (Å²) in [6.45, 7) is 6.09. The van der Waals surface area contributed by atoms with E-state index in [4.69, 9.17) is 4.74 Å². The lowest BCUT2D eigenvalue weighted by Gasteiger charge is -2.16. The molecule has 3 rings (SSSR count). The number of nitrogens with zero attached hydrogens (tertiary/aromatic N) is 1. The van der Waals surface area contributed by atoms with Gasteiger partial charge < -0.3 is 9.84 Å². The molecule has 31 heavy (non-hydrogen) atoms. The van der Waals surface area contributed by atoms with Crippen LogP contribution in [-0.2, 0) is 11.2 Å². The maximum atomic E-state index is 11.9. The maximum Gasteiger partial charge on any atom is 0.311 e. The van der Waals surface area contributed by atoms with E-state index in [0.717, 1.165) is 22.8 Å². The highest BCUT2D eigenvalue weighted by Gasteiger charge is 2.24. The SMILES string of the molecule is CC(C)CCOc1c(-c2ccc3ccccc3c2)cc(CC(C)C(=O)O)cc1[N+](=O)[O-]. The van der Waals surface area contributed by atoms with Gasteiger partial charge in [-0.25, -0.2) is 0 Å². The minimum Gasteiger partial charge on any atom is -0.486 e. The summed E-state index contributed by atoms with van der Waals surface area (Å²) >= 11 is 0. The molecule has 0 bridgehead atoms. The molecule has 1 N–H and O–H groups in total. The number of carboxylic acid groups (broad SMARTS) is 1. The number of benzene rings is 3. The molecule has 0 aliphatic carbocycles. The number of fused-ring (bicyclic) bond motifs is 1. The van der Waals surface area contributed by atoms with Crippen LogP contribution in [0.3, 0.4) is 0 Å². The van der Waals surface area contributed by atoms with Gasteiger partial charge in [0, 0.05) is 11.6 Å². The molecule has 1 unspecified atom stereocenters. The molecule has 0 aliphatic rings. The Kier molecular flexibility index (Phi) is 6.90. The predicted molar refractivity (Wildman–Crippen MR) is 121 cm³/mol. The first kappa shape index (κ1) is 22.3. The van der Waals surface area contributed by atoms with Crippen LogP contribution in [0.1, 0.15) is 32.8 Å². The Balaban J connectivity index is 2.15. The predicted octanol–water partition coefficient (Wildman–Crippen LogP) is 6.10. The second-order valence-electron chi connectivity index (χ2n) is 8.29. The summed E-state index contributed by atoms with van der Waals surface area (Å²) in [5.74, 6) is -0.963. The molecule has 0 saturated heterocycles. The van der Waals surface area contributed by atoms with E-state index in [1.807, 2.05) is 48.5 Å². The van der Waals surface area contributed by atoms with E-state index in [0.29, 0.717) is 23.7 Å². The molecule has 0 aliphatic heterocycles. The van der Waals surface area contributed by atoms with Crippen molar-refractivity contribution in [3.8, 4) is 16.9 Å². The Bertz CT molecular complexity index is 1110. The number of carboxylic acids is 1. The maximum absolute atomic E-state index is 11.9. The van der Waals surface area contributed by atoms with E-state index in [1.54, 1.807) is 6.92 Å². The molecule has 6 heteroatoms. The van der Waals surface area contributed by atoms with Crippen LogP contribution in [0, 0.1) is 22.0 Å². The Morgan fingerprint density at radius 1 is 1.06 bits per heavy atom. The number of hydrogen-bond donors (Lipinski definition) is 1. The van der Waals surface area contributed by atoms with Crippen LogP contribution in [0.2, 0.25) is 0 Å². The molecule has 3 aromatic rings. The first-order valence-electron chi connectivity index (χ1n) is 10.4. The highest BCUT2D eigenvalue weighted by Crippen LogP contribution is 2.41. The third-order valence-corrected chi connectivity index (χ3v) is 5.29. The summed E-state index contributed by atoms with van der Waals surface area (Å²) in [4.78, 5) is 22.8. The van der Waals surface area contributed by atoms with Gasteiger partial charge in [0.15, 0.2) is 0 Å². The summed E-state index contributed by atoms with van der Waals surface area (Å²) in [6.07, 6.45) is 0.967. The van der Waals surface area contributed by atoms with Gasteiger partial charge in [0.25, 0.3) is 0 Å². The molecule has 6 nitrogen and oxygen atoms in total. The zero-order chi connectivity index (χ0) is 22.5. The van der Waals surface area contributed by atoms with Crippen LogP contribution in [0.5, 0.6) is 5.75 Å². The standard InChI is InChI=1S/C25H27NO5/c1-16(2)10-11-31-24-22(21-9-8-19-6-4-5-7-20(19)15-21)13-18(12-17(3)25(27)28)14-23(24)26(29)30/h4-9,13-17H,10-12H2,1-3H3,(H,27,28). The molecular weight excluding hydrogens is 394 g/mol. The number of nitro benzene ring substituents is 1. The van der Waals surface area contributed by atoms with Gasteiger partial charge in [-0.2, -0.15) is 0 Å². The number of nitro groups is 1. The Hall–Kier alpha value is -3.41. The lowest BCUT2D eigenvalue weighted by molar-refractivity contribution is -0.385. The molecule has 0 spiro atoms. The van der Waals surface area contributed by atoms with Crippen molar-refractivity contribution >= 4 is 22.4 Å². The molecular formula is C25H27NO5. The van der Waals surface area contributed by atoms with E-state index in [9.17, 15) is 20.0 Å². The zero-order valence-corrected chi connectivity index (χ0v) is 18.0. The molecule has 0 aromatic heterocycles. The van der Waals surface area contributed by atoms with Gasteiger partial charge in [0.1, 0.15) is 0 Å². The normalized spacial score (nSPS) is 12.1. The largest absolute Gasteiger partial charge is 0.486 e. The van der Waals surface area contributed by atoms with Crippen molar-refractivity contribution in [2.45, 2.75) is 33.6 Å². The number of hydrogen-bond acceptors (Lipinski definition) is 4. The Labute approximate surface area is 181 Å². The summed E-state index contributed by atoms with van der Waals surface area (Å²) in [5, 5.41) is 23.3. The van der Waals surface area contributed by atoms with E-state index in [1.165, 1.54) is 6.07 Å². The molecule has 0 saturated carbocycles. The lowest BCUT2D eigenvalue weighted by Crippen LogP contribution is -2.13. The van der Waals surface area contributed by atoms with Crippen molar-refractivity contribution < 1.29 is 19.6 Å². The van der Waals surface area contributed by atoms with Gasteiger partial charge in [-0.05, 0) is 52.8 Å². The average molecular weight is 421 g/mol. The Morgan fingerprint density at radius 3 is 2.42 bits per heavy atom.